The van der Waals surface area contributed by atoms with Gasteiger partial charge < -0.3 is 19.9 Å². The molecule has 0 spiro atoms. The average molecular weight is 658 g/mol. The van der Waals surface area contributed by atoms with Crippen molar-refractivity contribution in [2.45, 2.75) is 84.0 Å². The lowest BCUT2D eigenvalue weighted by atomic mass is 9.88. The number of halogens is 4. The maximum absolute atomic E-state index is 15.9. The number of hydrogen-bond donors (Lipinski definition) is 2. The van der Waals surface area contributed by atoms with Gasteiger partial charge in [0.05, 0.1) is 18.0 Å². The molecule has 3 aromatic rings. The number of hydrogen-bond acceptors (Lipinski definition) is 4. The van der Waals surface area contributed by atoms with Gasteiger partial charge in [0.2, 0.25) is 5.91 Å². The molecule has 2 unspecified atom stereocenters. The van der Waals surface area contributed by atoms with Crippen LogP contribution in [-0.4, -0.2) is 47.1 Å². The van der Waals surface area contributed by atoms with Crippen LogP contribution in [0.2, 0.25) is 0 Å². The highest BCUT2D eigenvalue weighted by Crippen LogP contribution is 2.46. The van der Waals surface area contributed by atoms with Gasteiger partial charge in [-0.05, 0) is 111 Å². The van der Waals surface area contributed by atoms with Crippen LogP contribution >= 0.6 is 0 Å². The van der Waals surface area contributed by atoms with E-state index in [1.807, 2.05) is 25.1 Å². The molecule has 0 saturated heterocycles. The van der Waals surface area contributed by atoms with E-state index in [0.717, 1.165) is 40.3 Å². The van der Waals surface area contributed by atoms with E-state index in [0.29, 0.717) is 17.5 Å². The van der Waals surface area contributed by atoms with Gasteiger partial charge in [0.25, 0.3) is 5.56 Å². The first-order valence-electron chi connectivity index (χ1n) is 15.9. The van der Waals surface area contributed by atoms with Crippen LogP contribution < -0.4 is 10.9 Å². The second-order valence-electron chi connectivity index (χ2n) is 13.3. The molecule has 2 N–H and O–H groups in total. The Bertz CT molecular complexity index is 1690. The van der Waals surface area contributed by atoms with E-state index in [2.05, 4.69) is 5.32 Å². The number of nitrogens with zero attached hydrogens (tertiary/aromatic N) is 2. The molecule has 1 heterocycles. The molecule has 0 bridgehead atoms. The fourth-order valence-electron chi connectivity index (χ4n) is 6.13. The first-order valence-corrected chi connectivity index (χ1v) is 15.9. The molecule has 7 nitrogen and oxygen atoms in total. The van der Waals surface area contributed by atoms with Crippen molar-refractivity contribution in [3.05, 3.63) is 92.1 Å². The topological polar surface area (TPSA) is 91.6 Å². The summed E-state index contributed by atoms with van der Waals surface area (Å²) in [6.45, 7) is 7.39. The van der Waals surface area contributed by atoms with Crippen molar-refractivity contribution in [2.75, 3.05) is 20.6 Å². The molecule has 0 radical (unpaired) electrons. The maximum atomic E-state index is 15.9. The number of alkyl halides is 3. The molecule has 2 atom stereocenters. The van der Waals surface area contributed by atoms with Crippen molar-refractivity contribution >= 4 is 11.9 Å². The Balaban J connectivity index is 1.80. The van der Waals surface area contributed by atoms with Crippen LogP contribution in [0.1, 0.15) is 90.9 Å². The number of nitrogens with one attached hydrogen (secondary N) is 1. The van der Waals surface area contributed by atoms with E-state index in [4.69, 9.17) is 0 Å². The Kier molecular flexibility index (Phi) is 11.0. The molecular weight excluding hydrogens is 614 g/mol. The molecule has 2 aromatic carbocycles. The molecule has 47 heavy (non-hydrogen) atoms. The number of pyridine rings is 1. The second-order valence-corrected chi connectivity index (χ2v) is 13.3. The summed E-state index contributed by atoms with van der Waals surface area (Å²) in [7, 11) is 3.42. The molecule has 1 aliphatic carbocycles. The van der Waals surface area contributed by atoms with Crippen molar-refractivity contribution in [3.8, 4) is 11.1 Å². The van der Waals surface area contributed by atoms with Gasteiger partial charge >= 0.3 is 12.1 Å². The smallest absolute Gasteiger partial charge is 0.416 e. The number of carbonyl (C=O) groups is 2. The second kappa shape index (κ2) is 14.4. The number of carboxylic acids is 1. The maximum Gasteiger partial charge on any atom is 0.416 e. The number of aliphatic carboxylic acids is 1. The van der Waals surface area contributed by atoms with E-state index >= 15 is 4.39 Å². The standard InChI is InChI=1S/C36H43F4N3O4/c1-20(2)14-30(43-19-24(12-13-42(5)6)28(17-31(43)44)36(38,39)40)35(47)41-29(18-32(45)46)27-16-25(15-22(4)34(27)37)33-21(3)8-7-9-26(33)23-10-11-23/h7-9,15-17,19-20,23,29-30H,10-14,18H2,1-6H3,(H,41,47)(H,45,46). The summed E-state index contributed by atoms with van der Waals surface area (Å²) >= 11 is 0. The Morgan fingerprint density at radius 3 is 2.34 bits per heavy atom. The number of carbonyl (C=O) groups excluding carboxylic acids is 1. The Labute approximate surface area is 272 Å². The van der Waals surface area contributed by atoms with E-state index < -0.39 is 53.5 Å². The lowest BCUT2D eigenvalue weighted by Gasteiger charge is -2.27. The summed E-state index contributed by atoms with van der Waals surface area (Å²) in [5.74, 6) is -2.53. The van der Waals surface area contributed by atoms with Crippen molar-refractivity contribution < 1.29 is 32.3 Å². The monoisotopic (exact) mass is 657 g/mol. The first-order chi connectivity index (χ1) is 22.0. The van der Waals surface area contributed by atoms with E-state index in [1.165, 1.54) is 0 Å². The first kappa shape index (κ1) is 35.9. The summed E-state index contributed by atoms with van der Waals surface area (Å²) < 4.78 is 58.6. The van der Waals surface area contributed by atoms with E-state index in [-0.39, 0.29) is 42.0 Å². The van der Waals surface area contributed by atoms with Crippen LogP contribution in [0, 0.1) is 25.6 Å². The highest BCUT2D eigenvalue weighted by Gasteiger charge is 2.36. The van der Waals surface area contributed by atoms with Gasteiger partial charge in [-0.25, -0.2) is 4.39 Å². The number of aromatic nitrogens is 1. The van der Waals surface area contributed by atoms with Gasteiger partial charge in [-0.15, -0.1) is 0 Å². The third kappa shape index (κ3) is 8.68. The van der Waals surface area contributed by atoms with Gasteiger partial charge in [0, 0.05) is 24.4 Å². The van der Waals surface area contributed by atoms with Crippen LogP contribution in [-0.2, 0) is 22.2 Å². The molecule has 1 amide bonds. The summed E-state index contributed by atoms with van der Waals surface area (Å²) in [6.07, 6.45) is -2.23. The van der Waals surface area contributed by atoms with Gasteiger partial charge in [0.1, 0.15) is 11.9 Å². The average Bonchev–Trinajstić information content (AvgIpc) is 3.81. The summed E-state index contributed by atoms with van der Waals surface area (Å²) in [6, 6.07) is 7.18. The molecule has 1 saturated carbocycles. The Hall–Kier alpha value is -3.99. The normalized spacial score (nSPS) is 14.8. The van der Waals surface area contributed by atoms with Gasteiger partial charge in [-0.2, -0.15) is 13.2 Å². The minimum Gasteiger partial charge on any atom is -0.481 e. The Morgan fingerprint density at radius 2 is 1.77 bits per heavy atom. The van der Waals surface area contributed by atoms with Crippen LogP contribution in [0.25, 0.3) is 11.1 Å². The van der Waals surface area contributed by atoms with Crippen molar-refractivity contribution in [2.24, 2.45) is 5.92 Å². The van der Waals surface area contributed by atoms with Crippen LogP contribution in [0.4, 0.5) is 17.6 Å². The highest BCUT2D eigenvalue weighted by atomic mass is 19.4. The van der Waals surface area contributed by atoms with Crippen molar-refractivity contribution in [1.82, 2.24) is 14.8 Å². The van der Waals surface area contributed by atoms with Crippen LogP contribution in [0.15, 0.2) is 47.4 Å². The number of rotatable bonds is 13. The zero-order valence-corrected chi connectivity index (χ0v) is 27.7. The molecule has 0 aliphatic heterocycles. The predicted octanol–water partition coefficient (Wildman–Crippen LogP) is 7.19. The minimum atomic E-state index is -4.78. The summed E-state index contributed by atoms with van der Waals surface area (Å²) in [4.78, 5) is 40.9. The highest BCUT2D eigenvalue weighted by molar-refractivity contribution is 5.82. The molecule has 11 heteroatoms. The molecule has 254 valence electrons. The largest absolute Gasteiger partial charge is 0.481 e. The minimum absolute atomic E-state index is 0.0181. The van der Waals surface area contributed by atoms with Gasteiger partial charge in [-0.1, -0.05) is 32.0 Å². The third-order valence-electron chi connectivity index (χ3n) is 8.59. The SMILES string of the molecule is Cc1cc(-c2c(C)cccc2C2CC2)cc(C(CC(=O)O)NC(=O)C(CC(C)C)n2cc(CCN(C)C)c(C(F)(F)F)cc2=O)c1F. The molecule has 1 aromatic heterocycles. The number of likely N-dealkylation sites (N-methyl/N-ethyl adjacent to an activating group) is 1. The van der Waals surface area contributed by atoms with E-state index in [1.54, 1.807) is 51.9 Å². The quantitative estimate of drug-likeness (QED) is 0.190. The van der Waals surface area contributed by atoms with E-state index in [9.17, 15) is 32.7 Å². The number of aryl methyl sites for hydroxylation is 2. The van der Waals surface area contributed by atoms with Crippen LogP contribution in [0.5, 0.6) is 0 Å². The summed E-state index contributed by atoms with van der Waals surface area (Å²) in [5, 5.41) is 12.5. The number of amides is 1. The number of benzene rings is 2. The fraction of sp³-hybridized carbons (Fsp3) is 0.472. The zero-order chi connectivity index (χ0) is 34.8. The van der Waals surface area contributed by atoms with Gasteiger partial charge in [0.15, 0.2) is 0 Å². The summed E-state index contributed by atoms with van der Waals surface area (Å²) in [5.41, 5.74) is 1.78. The Morgan fingerprint density at radius 1 is 1.09 bits per heavy atom. The third-order valence-corrected chi connectivity index (χ3v) is 8.59. The predicted molar refractivity (Wildman–Crippen MR) is 173 cm³/mol. The van der Waals surface area contributed by atoms with Crippen molar-refractivity contribution in [3.63, 3.8) is 0 Å². The number of carboxylic acid groups (broad SMARTS) is 1. The lowest BCUT2D eigenvalue weighted by Crippen LogP contribution is -2.41. The zero-order valence-electron chi connectivity index (χ0n) is 27.7. The molecule has 1 aliphatic rings. The molecular formula is C36H43F4N3O4. The molecule has 4 rings (SSSR count). The molecule has 1 fully saturated rings. The lowest BCUT2D eigenvalue weighted by molar-refractivity contribution is -0.139. The fourth-order valence-corrected chi connectivity index (χ4v) is 6.13. The van der Waals surface area contributed by atoms with Gasteiger partial charge in [-0.3, -0.25) is 14.4 Å². The van der Waals surface area contributed by atoms with Crippen LogP contribution in [0.3, 0.4) is 0 Å². The van der Waals surface area contributed by atoms with Crippen molar-refractivity contribution in [1.29, 1.82) is 0 Å².